The minimum atomic E-state index is -0.761. The van der Waals surface area contributed by atoms with Gasteiger partial charge >= 0.3 is 5.97 Å². The Labute approximate surface area is 46.9 Å². The average molecular weight is 119 g/mol. The fourth-order valence-electron chi connectivity index (χ4n) is 0.155. The molecule has 7 heavy (non-hydrogen) atoms. The molecule has 0 fully saturated rings. The number of carboxylic acids is 1. The van der Waals surface area contributed by atoms with Crippen molar-refractivity contribution in [2.24, 2.45) is 0 Å². The molecule has 0 spiro atoms. The molecule has 0 amide bonds. The maximum absolute atomic E-state index is 9.72. The van der Waals surface area contributed by atoms with Gasteiger partial charge in [-0.05, 0) is 0 Å². The quantitative estimate of drug-likeness (QED) is 0.601. The van der Waals surface area contributed by atoms with Crippen molar-refractivity contribution in [3.8, 4) is 0 Å². The highest BCUT2D eigenvalue weighted by molar-refractivity contribution is 8.01. The van der Waals surface area contributed by atoms with Gasteiger partial charge in [-0.2, -0.15) is 0 Å². The molecule has 0 aromatic heterocycles. The molecule has 0 bridgehead atoms. The Hall–Kier alpha value is -0.180. The zero-order chi connectivity index (χ0) is 5.70. The minimum Gasteiger partial charge on any atom is -0.481 e. The molecule has 0 rings (SSSR count). The topological polar surface area (TPSA) is 37.3 Å². The van der Waals surface area contributed by atoms with E-state index >= 15 is 0 Å². The number of hydrogen-bond donors (Lipinski definition) is 1. The molecule has 0 aromatic rings. The van der Waals surface area contributed by atoms with Crippen LogP contribution in [0.5, 0.6) is 0 Å². The second kappa shape index (κ2) is 3.99. The Balaban J connectivity index is 2.82. The number of rotatable bonds is 3. The van der Waals surface area contributed by atoms with Crippen LogP contribution < -0.4 is 0 Å². The predicted molar refractivity (Wildman–Crippen MR) is 30.1 cm³/mol. The molecule has 0 atom stereocenters. The van der Waals surface area contributed by atoms with E-state index in [1.807, 2.05) is 6.92 Å². The van der Waals surface area contributed by atoms with E-state index in [4.69, 9.17) is 5.11 Å². The summed E-state index contributed by atoms with van der Waals surface area (Å²) in [6.07, 6.45) is 0. The van der Waals surface area contributed by atoms with Gasteiger partial charge in [-0.15, -0.1) is 11.8 Å². The molecule has 0 aliphatic rings. The van der Waals surface area contributed by atoms with Gasteiger partial charge in [0.05, 0.1) is 5.75 Å². The Morgan fingerprint density at radius 2 is 2.57 bits per heavy atom. The molecule has 0 unspecified atom stereocenters. The third kappa shape index (κ3) is 5.82. The highest BCUT2D eigenvalue weighted by atomic mass is 32.2. The van der Waals surface area contributed by atoms with E-state index < -0.39 is 5.97 Å². The highest BCUT2D eigenvalue weighted by Gasteiger charge is 1.91. The van der Waals surface area contributed by atoms with Crippen molar-refractivity contribution in [3.63, 3.8) is 0 Å². The summed E-state index contributed by atoms with van der Waals surface area (Å²) in [6.45, 7) is 1.81. The minimum absolute atomic E-state index is 0.177. The standard InChI is InChI=1S/C4H7O2S/c1-2-7-3-4(5)6/h2H,3H2,1H3,(H,5,6). The van der Waals surface area contributed by atoms with Gasteiger partial charge in [-0.25, -0.2) is 0 Å². The van der Waals surface area contributed by atoms with E-state index in [2.05, 4.69) is 0 Å². The smallest absolute Gasteiger partial charge is 0.313 e. The molecule has 0 aromatic carbocycles. The van der Waals surface area contributed by atoms with Crippen LogP contribution >= 0.6 is 11.8 Å². The number of hydrogen-bond acceptors (Lipinski definition) is 2. The lowest BCUT2D eigenvalue weighted by atomic mass is 10.8. The lowest BCUT2D eigenvalue weighted by Crippen LogP contribution is -1.96. The Bertz CT molecular complexity index is 62.7. The molecule has 2 nitrogen and oxygen atoms in total. The monoisotopic (exact) mass is 119 g/mol. The molecule has 1 radical (unpaired) electrons. The lowest BCUT2D eigenvalue weighted by molar-refractivity contribution is -0.133. The second-order valence-corrected chi connectivity index (χ2v) is 2.03. The largest absolute Gasteiger partial charge is 0.481 e. The summed E-state index contributed by atoms with van der Waals surface area (Å²) in [5.41, 5.74) is 0. The maximum Gasteiger partial charge on any atom is 0.313 e. The van der Waals surface area contributed by atoms with Gasteiger partial charge in [-0.1, -0.05) is 6.92 Å². The molecule has 41 valence electrons. The van der Waals surface area contributed by atoms with E-state index in [0.717, 1.165) is 0 Å². The number of carboxylic acid groups (broad SMARTS) is 1. The van der Waals surface area contributed by atoms with Gasteiger partial charge in [0, 0.05) is 5.75 Å². The van der Waals surface area contributed by atoms with Crippen LogP contribution in [0.25, 0.3) is 0 Å². The summed E-state index contributed by atoms with van der Waals surface area (Å²) in [5, 5.41) is 8.00. The van der Waals surface area contributed by atoms with E-state index in [0.29, 0.717) is 0 Å². The fourth-order valence-corrected chi connectivity index (χ4v) is 0.464. The van der Waals surface area contributed by atoms with Gasteiger partial charge in [0.2, 0.25) is 0 Å². The van der Waals surface area contributed by atoms with Crippen LogP contribution in [0.3, 0.4) is 0 Å². The van der Waals surface area contributed by atoms with Crippen molar-refractivity contribution < 1.29 is 9.90 Å². The average Bonchev–Trinajstić information content (AvgIpc) is 1.61. The van der Waals surface area contributed by atoms with Crippen LogP contribution in [0, 0.1) is 5.75 Å². The van der Waals surface area contributed by atoms with E-state index in [1.54, 1.807) is 5.75 Å². The summed E-state index contributed by atoms with van der Waals surface area (Å²) < 4.78 is 0. The van der Waals surface area contributed by atoms with E-state index in [9.17, 15) is 4.79 Å². The van der Waals surface area contributed by atoms with E-state index in [-0.39, 0.29) is 5.75 Å². The summed E-state index contributed by atoms with van der Waals surface area (Å²) in [4.78, 5) is 9.72. The van der Waals surface area contributed by atoms with Crippen LogP contribution in [0.1, 0.15) is 6.92 Å². The number of carbonyl (C=O) groups is 1. The van der Waals surface area contributed by atoms with Crippen LogP contribution in [-0.2, 0) is 4.79 Å². The van der Waals surface area contributed by atoms with Crippen molar-refractivity contribution >= 4 is 17.7 Å². The third-order valence-corrected chi connectivity index (χ3v) is 1.12. The first-order chi connectivity index (χ1) is 3.27. The van der Waals surface area contributed by atoms with Crippen LogP contribution in [0.15, 0.2) is 0 Å². The molecule has 0 saturated heterocycles. The van der Waals surface area contributed by atoms with Gasteiger partial charge in [0.1, 0.15) is 0 Å². The Morgan fingerprint density at radius 3 is 2.71 bits per heavy atom. The van der Waals surface area contributed by atoms with Crippen molar-refractivity contribution in [2.75, 3.05) is 5.75 Å². The summed E-state index contributed by atoms with van der Waals surface area (Å²) in [6, 6.07) is 0. The maximum atomic E-state index is 9.72. The third-order valence-electron chi connectivity index (χ3n) is 0.373. The van der Waals surface area contributed by atoms with Gasteiger partial charge in [0.15, 0.2) is 0 Å². The summed E-state index contributed by atoms with van der Waals surface area (Å²) in [5.74, 6) is 1.17. The Kier molecular flexibility index (Phi) is 3.89. The molecule has 3 heteroatoms. The lowest BCUT2D eigenvalue weighted by Gasteiger charge is -1.85. The first-order valence-electron chi connectivity index (χ1n) is 1.88. The normalized spacial score (nSPS) is 8.71. The zero-order valence-electron chi connectivity index (χ0n) is 4.05. The summed E-state index contributed by atoms with van der Waals surface area (Å²) in [7, 11) is 0. The van der Waals surface area contributed by atoms with Crippen molar-refractivity contribution in [1.82, 2.24) is 0 Å². The first-order valence-corrected chi connectivity index (χ1v) is 2.93. The molecule has 1 N–H and O–H groups in total. The van der Waals surface area contributed by atoms with Gasteiger partial charge in [0.25, 0.3) is 0 Å². The molecular formula is C4H7O2S. The summed E-state index contributed by atoms with van der Waals surface area (Å²) >= 11 is 1.29. The SMILES string of the molecule is C[CH]SCC(=O)O. The highest BCUT2D eigenvalue weighted by Crippen LogP contribution is 2.00. The number of thioether (sulfide) groups is 1. The first kappa shape index (κ1) is 6.82. The van der Waals surface area contributed by atoms with Crippen molar-refractivity contribution in [3.05, 3.63) is 5.75 Å². The fraction of sp³-hybridized carbons (Fsp3) is 0.500. The van der Waals surface area contributed by atoms with Crippen LogP contribution in [-0.4, -0.2) is 16.8 Å². The van der Waals surface area contributed by atoms with E-state index in [1.165, 1.54) is 11.8 Å². The molecule has 0 heterocycles. The molecule has 0 saturated carbocycles. The van der Waals surface area contributed by atoms with Crippen LogP contribution in [0.2, 0.25) is 0 Å². The van der Waals surface area contributed by atoms with Crippen molar-refractivity contribution in [1.29, 1.82) is 0 Å². The number of aliphatic carboxylic acids is 1. The molecule has 0 aliphatic carbocycles. The van der Waals surface area contributed by atoms with Crippen LogP contribution in [0.4, 0.5) is 0 Å². The Morgan fingerprint density at radius 1 is 2.00 bits per heavy atom. The van der Waals surface area contributed by atoms with Gasteiger partial charge in [-0.3, -0.25) is 4.79 Å². The zero-order valence-corrected chi connectivity index (χ0v) is 4.86. The predicted octanol–water partition coefficient (Wildman–Crippen LogP) is 0.986. The molecular weight excluding hydrogens is 112 g/mol. The van der Waals surface area contributed by atoms with Crippen molar-refractivity contribution in [2.45, 2.75) is 6.92 Å². The second-order valence-electron chi connectivity index (χ2n) is 0.940. The molecule has 0 aliphatic heterocycles. The van der Waals surface area contributed by atoms with Gasteiger partial charge < -0.3 is 5.11 Å².